The second kappa shape index (κ2) is 5.39. The van der Waals surface area contributed by atoms with Crippen molar-refractivity contribution >= 4 is 28.6 Å². The van der Waals surface area contributed by atoms with Gasteiger partial charge in [-0.15, -0.1) is 0 Å². The summed E-state index contributed by atoms with van der Waals surface area (Å²) in [7, 11) is 0. The Kier molecular flexibility index (Phi) is 3.66. The van der Waals surface area contributed by atoms with Gasteiger partial charge in [0, 0.05) is 5.69 Å². The van der Waals surface area contributed by atoms with Crippen molar-refractivity contribution in [3.8, 4) is 0 Å². The van der Waals surface area contributed by atoms with Gasteiger partial charge in [0.25, 0.3) is 0 Å². The molecule has 98 valence electrons. The molecule has 0 unspecified atom stereocenters. The molecule has 0 spiro atoms. The van der Waals surface area contributed by atoms with E-state index in [1.54, 1.807) is 25.1 Å². The van der Waals surface area contributed by atoms with E-state index in [2.05, 4.69) is 9.47 Å². The van der Waals surface area contributed by atoms with Crippen molar-refractivity contribution in [3.63, 3.8) is 0 Å². The summed E-state index contributed by atoms with van der Waals surface area (Å²) < 4.78 is 9.15. The van der Waals surface area contributed by atoms with Crippen molar-refractivity contribution in [2.24, 2.45) is 0 Å². The minimum Gasteiger partial charge on any atom is -0.434 e. The Labute approximate surface area is 109 Å². The summed E-state index contributed by atoms with van der Waals surface area (Å²) in [4.78, 5) is 23.1. The maximum absolute atomic E-state index is 11.9. The minimum atomic E-state index is -1.01. The topological polar surface area (TPSA) is 78.6 Å². The van der Waals surface area contributed by atoms with Crippen LogP contribution in [0, 0.1) is 0 Å². The Morgan fingerprint density at radius 3 is 2.68 bits per heavy atom. The fraction of sp³-hybridized carbons (Fsp3) is 0.143. The molecule has 0 heterocycles. The molecule has 0 saturated heterocycles. The third kappa shape index (κ3) is 2.82. The van der Waals surface area contributed by atoms with Gasteiger partial charge >= 0.3 is 12.1 Å². The van der Waals surface area contributed by atoms with Crippen molar-refractivity contribution in [3.05, 3.63) is 42.0 Å². The third-order valence-electron chi connectivity index (χ3n) is 2.54. The number of nitrogens with two attached hydrogens (primary N) is 1. The molecular weight excluding hydrogens is 246 g/mol. The summed E-state index contributed by atoms with van der Waals surface area (Å²) in [5, 5.41) is 1.48. The van der Waals surface area contributed by atoms with Crippen LogP contribution < -0.4 is 5.73 Å². The molecule has 0 fully saturated rings. The maximum Gasteiger partial charge on any atom is 0.516 e. The lowest BCUT2D eigenvalue weighted by Crippen LogP contribution is -2.14. The fourth-order valence-electron chi connectivity index (χ4n) is 1.78. The van der Waals surface area contributed by atoms with Gasteiger partial charge in [-0.1, -0.05) is 24.3 Å². The van der Waals surface area contributed by atoms with Gasteiger partial charge in [-0.05, 0) is 29.8 Å². The van der Waals surface area contributed by atoms with Gasteiger partial charge in [-0.25, -0.2) is 9.59 Å². The molecule has 2 aromatic carbocycles. The Morgan fingerprint density at radius 2 is 1.95 bits per heavy atom. The number of anilines is 1. The summed E-state index contributed by atoms with van der Waals surface area (Å²) in [6.07, 6.45) is -1.01. The van der Waals surface area contributed by atoms with Crippen LogP contribution in [0.25, 0.3) is 10.8 Å². The van der Waals surface area contributed by atoms with Crippen LogP contribution in [0.2, 0.25) is 0 Å². The van der Waals surface area contributed by atoms with Crippen LogP contribution >= 0.6 is 0 Å². The van der Waals surface area contributed by atoms with Crippen molar-refractivity contribution in [2.75, 3.05) is 12.3 Å². The Bertz CT molecular complexity index is 636. The lowest BCUT2D eigenvalue weighted by molar-refractivity contribution is 0.0403. The van der Waals surface area contributed by atoms with E-state index in [1.807, 2.05) is 12.1 Å². The molecule has 2 N–H and O–H groups in total. The van der Waals surface area contributed by atoms with E-state index < -0.39 is 12.1 Å². The van der Waals surface area contributed by atoms with Gasteiger partial charge in [0.05, 0.1) is 12.2 Å². The van der Waals surface area contributed by atoms with E-state index in [4.69, 9.17) is 5.73 Å². The van der Waals surface area contributed by atoms with E-state index in [-0.39, 0.29) is 12.2 Å². The molecule has 2 aromatic rings. The Hall–Kier alpha value is -2.56. The van der Waals surface area contributed by atoms with Crippen molar-refractivity contribution in [2.45, 2.75) is 6.92 Å². The summed E-state index contributed by atoms with van der Waals surface area (Å²) in [6, 6.07) is 10.4. The van der Waals surface area contributed by atoms with Gasteiger partial charge in [0.15, 0.2) is 0 Å². The zero-order chi connectivity index (χ0) is 13.8. The largest absolute Gasteiger partial charge is 0.516 e. The van der Waals surface area contributed by atoms with Gasteiger partial charge in [0.2, 0.25) is 0 Å². The van der Waals surface area contributed by atoms with Crippen LogP contribution in [-0.4, -0.2) is 18.7 Å². The van der Waals surface area contributed by atoms with Crippen LogP contribution in [0.1, 0.15) is 17.3 Å². The highest BCUT2D eigenvalue weighted by molar-refractivity contribution is 6.08. The smallest absolute Gasteiger partial charge is 0.434 e. The molecule has 5 nitrogen and oxygen atoms in total. The molecule has 0 aliphatic heterocycles. The molecule has 19 heavy (non-hydrogen) atoms. The van der Waals surface area contributed by atoms with Gasteiger partial charge in [-0.2, -0.15) is 0 Å². The second-order valence-electron chi connectivity index (χ2n) is 3.86. The standard InChI is InChI=1S/C14H13NO4/c1-2-18-14(17)19-13(16)12-8-10(15)7-9-5-3-4-6-11(9)12/h3-8H,2,15H2,1H3. The highest BCUT2D eigenvalue weighted by Gasteiger charge is 2.17. The van der Waals surface area contributed by atoms with Crippen LogP contribution in [0.15, 0.2) is 36.4 Å². The summed E-state index contributed by atoms with van der Waals surface area (Å²) in [5.74, 6) is -0.776. The van der Waals surface area contributed by atoms with Crippen molar-refractivity contribution in [1.29, 1.82) is 0 Å². The lowest BCUT2D eigenvalue weighted by Gasteiger charge is -2.07. The molecular formula is C14H13NO4. The van der Waals surface area contributed by atoms with Crippen molar-refractivity contribution < 1.29 is 19.1 Å². The molecule has 0 radical (unpaired) electrons. The predicted octanol–water partition coefficient (Wildman–Crippen LogP) is 2.74. The molecule has 0 aliphatic rings. The van der Waals surface area contributed by atoms with Gasteiger partial charge in [0.1, 0.15) is 0 Å². The molecule has 2 rings (SSSR count). The predicted molar refractivity (Wildman–Crippen MR) is 70.8 cm³/mol. The van der Waals surface area contributed by atoms with Crippen LogP contribution in [0.4, 0.5) is 10.5 Å². The highest BCUT2D eigenvalue weighted by Crippen LogP contribution is 2.23. The first kappa shape index (κ1) is 12.9. The summed E-state index contributed by atoms with van der Waals surface area (Å²) in [5.41, 5.74) is 6.39. The van der Waals surface area contributed by atoms with Crippen LogP contribution in [-0.2, 0) is 9.47 Å². The number of fused-ring (bicyclic) bond motifs is 1. The quantitative estimate of drug-likeness (QED) is 0.509. The number of benzene rings is 2. The second-order valence-corrected chi connectivity index (χ2v) is 3.86. The van der Waals surface area contributed by atoms with E-state index in [9.17, 15) is 9.59 Å². The third-order valence-corrected chi connectivity index (χ3v) is 2.54. The van der Waals surface area contributed by atoms with Crippen molar-refractivity contribution in [1.82, 2.24) is 0 Å². The summed E-state index contributed by atoms with van der Waals surface area (Å²) in [6.45, 7) is 1.77. The number of carbonyl (C=O) groups is 2. The average Bonchev–Trinajstić information content (AvgIpc) is 2.37. The Morgan fingerprint density at radius 1 is 1.21 bits per heavy atom. The number of ether oxygens (including phenoxy) is 2. The van der Waals surface area contributed by atoms with Crippen LogP contribution in [0.3, 0.4) is 0 Å². The van der Waals surface area contributed by atoms with E-state index in [1.165, 1.54) is 6.07 Å². The number of esters is 1. The lowest BCUT2D eigenvalue weighted by atomic mass is 10.0. The number of carbonyl (C=O) groups excluding carboxylic acids is 2. The number of hydrogen-bond acceptors (Lipinski definition) is 5. The van der Waals surface area contributed by atoms with Gasteiger partial charge in [-0.3, -0.25) is 0 Å². The fourth-order valence-corrected chi connectivity index (χ4v) is 1.78. The molecule has 0 atom stereocenters. The molecule has 0 bridgehead atoms. The normalized spacial score (nSPS) is 10.2. The number of rotatable bonds is 2. The van der Waals surface area contributed by atoms with Crippen LogP contribution in [0.5, 0.6) is 0 Å². The van der Waals surface area contributed by atoms with E-state index in [0.717, 1.165) is 5.39 Å². The zero-order valence-corrected chi connectivity index (χ0v) is 10.4. The average molecular weight is 259 g/mol. The minimum absolute atomic E-state index is 0.143. The number of nitrogen functional groups attached to an aromatic ring is 1. The van der Waals surface area contributed by atoms with E-state index in [0.29, 0.717) is 11.1 Å². The summed E-state index contributed by atoms with van der Waals surface area (Å²) >= 11 is 0. The molecule has 0 aromatic heterocycles. The monoisotopic (exact) mass is 259 g/mol. The first-order chi connectivity index (χ1) is 9.11. The first-order valence-corrected chi connectivity index (χ1v) is 5.79. The molecule has 0 saturated carbocycles. The molecule has 0 amide bonds. The Balaban J connectivity index is 2.38. The van der Waals surface area contributed by atoms with Gasteiger partial charge < -0.3 is 15.2 Å². The van der Waals surface area contributed by atoms with E-state index >= 15 is 0 Å². The first-order valence-electron chi connectivity index (χ1n) is 5.79. The maximum atomic E-state index is 11.9. The molecule has 5 heteroatoms. The SMILES string of the molecule is CCOC(=O)OC(=O)c1cc(N)cc2ccccc12. The molecule has 0 aliphatic carbocycles. The highest BCUT2D eigenvalue weighted by atomic mass is 16.7. The zero-order valence-electron chi connectivity index (χ0n) is 10.4. The number of hydrogen-bond donors (Lipinski definition) is 1.